The van der Waals surface area contributed by atoms with Crippen molar-refractivity contribution >= 4 is 15.8 Å². The summed E-state index contributed by atoms with van der Waals surface area (Å²) >= 11 is 0. The fourth-order valence-corrected chi connectivity index (χ4v) is 3.77. The van der Waals surface area contributed by atoms with E-state index in [1.54, 1.807) is 26.0 Å². The average Bonchev–Trinajstić information content (AvgIpc) is 2.41. The molecule has 0 aliphatic rings. The predicted molar refractivity (Wildman–Crippen MR) is 78.0 cm³/mol. The van der Waals surface area contributed by atoms with Crippen molar-refractivity contribution in [2.24, 2.45) is 0 Å². The molecule has 2 aromatic rings. The number of aromatic nitrogens is 1. The molecule has 6 heteroatoms. The summed E-state index contributed by atoms with van der Waals surface area (Å²) in [6, 6.07) is 5.95. The Balaban J connectivity index is 2.52. The molecule has 0 fully saturated rings. The zero-order valence-corrected chi connectivity index (χ0v) is 12.5. The van der Waals surface area contributed by atoms with Crippen LogP contribution in [-0.2, 0) is 15.6 Å². The van der Waals surface area contributed by atoms with Crippen molar-refractivity contribution in [2.75, 3.05) is 0 Å². The van der Waals surface area contributed by atoms with Gasteiger partial charge in [-0.3, -0.25) is 4.98 Å². The van der Waals surface area contributed by atoms with E-state index < -0.39 is 15.8 Å². The van der Waals surface area contributed by atoms with Gasteiger partial charge >= 0.3 is 5.97 Å². The molecule has 110 valence electrons. The van der Waals surface area contributed by atoms with E-state index in [1.807, 2.05) is 0 Å². The second-order valence-electron chi connectivity index (χ2n) is 4.84. The number of hydrogen-bond acceptors (Lipinski definition) is 4. The summed E-state index contributed by atoms with van der Waals surface area (Å²) in [5.74, 6) is -1.32. The lowest BCUT2D eigenvalue weighted by molar-refractivity contribution is 0.0696. The van der Waals surface area contributed by atoms with Crippen LogP contribution < -0.4 is 0 Å². The number of aromatic carboxylic acids is 1. The molecule has 0 radical (unpaired) electrons. The molecule has 0 aliphatic heterocycles. The third kappa shape index (κ3) is 3.28. The van der Waals surface area contributed by atoms with Crippen LogP contribution in [0.15, 0.2) is 41.6 Å². The van der Waals surface area contributed by atoms with Gasteiger partial charge in [0.25, 0.3) is 0 Å². The number of rotatable bonds is 4. The smallest absolute Gasteiger partial charge is 0.335 e. The second-order valence-corrected chi connectivity index (χ2v) is 6.79. The van der Waals surface area contributed by atoms with Gasteiger partial charge in [0.15, 0.2) is 9.84 Å². The lowest BCUT2D eigenvalue weighted by Crippen LogP contribution is -2.10. The Hall–Kier alpha value is -2.21. The number of benzene rings is 1. The molecule has 1 aromatic heterocycles. The second kappa shape index (κ2) is 5.65. The van der Waals surface area contributed by atoms with Gasteiger partial charge in [-0.15, -0.1) is 0 Å². The number of sulfone groups is 1. The summed E-state index contributed by atoms with van der Waals surface area (Å²) in [5, 5.41) is 9.08. The molecule has 0 saturated heterocycles. The molecular weight excluding hydrogens is 290 g/mol. The summed E-state index contributed by atoms with van der Waals surface area (Å²) in [4.78, 5) is 15.0. The van der Waals surface area contributed by atoms with Crippen molar-refractivity contribution < 1.29 is 18.3 Å². The lowest BCUT2D eigenvalue weighted by atomic mass is 10.1. The molecule has 0 amide bonds. The number of hydrogen-bond donors (Lipinski definition) is 1. The van der Waals surface area contributed by atoms with Crippen LogP contribution in [-0.4, -0.2) is 24.5 Å². The number of aryl methyl sites for hydroxylation is 1. The lowest BCUT2D eigenvalue weighted by Gasteiger charge is -2.11. The third-order valence-corrected chi connectivity index (χ3v) is 5.12. The van der Waals surface area contributed by atoms with Gasteiger partial charge in [-0.1, -0.05) is 0 Å². The first-order valence-corrected chi connectivity index (χ1v) is 7.92. The van der Waals surface area contributed by atoms with E-state index in [4.69, 9.17) is 5.11 Å². The summed E-state index contributed by atoms with van der Waals surface area (Å²) in [7, 11) is -3.61. The zero-order chi connectivity index (χ0) is 15.6. The number of carbonyl (C=O) groups is 1. The van der Waals surface area contributed by atoms with Crippen molar-refractivity contribution in [3.63, 3.8) is 0 Å². The highest BCUT2D eigenvalue weighted by Crippen LogP contribution is 2.24. The monoisotopic (exact) mass is 305 g/mol. The molecule has 2 rings (SSSR count). The number of pyridine rings is 1. The van der Waals surface area contributed by atoms with Crippen LogP contribution in [0, 0.1) is 13.8 Å². The van der Waals surface area contributed by atoms with Crippen LogP contribution in [0.4, 0.5) is 0 Å². The Kier molecular flexibility index (Phi) is 4.09. The molecule has 0 spiro atoms. The topological polar surface area (TPSA) is 84.3 Å². The maximum absolute atomic E-state index is 12.5. The first-order chi connectivity index (χ1) is 9.81. The first-order valence-electron chi connectivity index (χ1n) is 6.27. The number of carboxylic acid groups (broad SMARTS) is 1. The molecule has 21 heavy (non-hydrogen) atoms. The van der Waals surface area contributed by atoms with Gasteiger partial charge < -0.3 is 5.11 Å². The standard InChI is InChI=1S/C15H15NO4S/c1-10-7-13(15(17)18)8-14(11(10)2)21(19,20)9-12-3-5-16-6-4-12/h3-8H,9H2,1-2H3,(H,17,18). The molecule has 0 bridgehead atoms. The normalized spacial score (nSPS) is 11.3. The van der Waals surface area contributed by atoms with E-state index >= 15 is 0 Å². The fraction of sp³-hybridized carbons (Fsp3) is 0.200. The van der Waals surface area contributed by atoms with Crippen LogP contribution in [0.3, 0.4) is 0 Å². The van der Waals surface area contributed by atoms with E-state index in [9.17, 15) is 13.2 Å². The molecular formula is C15H15NO4S. The third-order valence-electron chi connectivity index (χ3n) is 3.31. The molecule has 0 atom stereocenters. The van der Waals surface area contributed by atoms with Crippen LogP contribution in [0.5, 0.6) is 0 Å². The Morgan fingerprint density at radius 3 is 2.38 bits per heavy atom. The molecule has 1 N–H and O–H groups in total. The average molecular weight is 305 g/mol. The highest BCUT2D eigenvalue weighted by Gasteiger charge is 2.21. The van der Waals surface area contributed by atoms with E-state index in [0.29, 0.717) is 16.7 Å². The Bertz CT molecular complexity index is 783. The van der Waals surface area contributed by atoms with E-state index in [2.05, 4.69) is 4.98 Å². The minimum Gasteiger partial charge on any atom is -0.478 e. The summed E-state index contributed by atoms with van der Waals surface area (Å²) in [6.07, 6.45) is 3.05. The van der Waals surface area contributed by atoms with E-state index in [1.165, 1.54) is 24.5 Å². The Morgan fingerprint density at radius 2 is 1.81 bits per heavy atom. The Labute approximate surface area is 123 Å². The van der Waals surface area contributed by atoms with Gasteiger partial charge in [-0.25, -0.2) is 13.2 Å². The van der Waals surface area contributed by atoms with Gasteiger partial charge in [-0.05, 0) is 54.8 Å². The molecule has 5 nitrogen and oxygen atoms in total. The van der Waals surface area contributed by atoms with Crippen LogP contribution in [0.1, 0.15) is 27.0 Å². The summed E-state index contributed by atoms with van der Waals surface area (Å²) < 4.78 is 25.1. The SMILES string of the molecule is Cc1cc(C(=O)O)cc(S(=O)(=O)Cc2ccncc2)c1C. The van der Waals surface area contributed by atoms with Crippen molar-refractivity contribution in [2.45, 2.75) is 24.5 Å². The zero-order valence-electron chi connectivity index (χ0n) is 11.7. The first kappa shape index (κ1) is 15.2. The minimum atomic E-state index is -3.61. The van der Waals surface area contributed by atoms with Gasteiger partial charge in [0.2, 0.25) is 0 Å². The Morgan fingerprint density at radius 1 is 1.19 bits per heavy atom. The largest absolute Gasteiger partial charge is 0.478 e. The minimum absolute atomic E-state index is 0.0218. The molecule has 1 aromatic carbocycles. The predicted octanol–water partition coefficient (Wildman–Crippen LogP) is 2.37. The summed E-state index contributed by atoms with van der Waals surface area (Å²) in [6.45, 7) is 3.38. The highest BCUT2D eigenvalue weighted by molar-refractivity contribution is 7.90. The molecule has 0 saturated carbocycles. The molecule has 1 heterocycles. The van der Waals surface area contributed by atoms with Gasteiger partial charge in [-0.2, -0.15) is 0 Å². The van der Waals surface area contributed by atoms with Crippen molar-refractivity contribution in [3.8, 4) is 0 Å². The highest BCUT2D eigenvalue weighted by atomic mass is 32.2. The van der Waals surface area contributed by atoms with Gasteiger partial charge in [0, 0.05) is 12.4 Å². The van der Waals surface area contributed by atoms with Crippen molar-refractivity contribution in [1.29, 1.82) is 0 Å². The van der Waals surface area contributed by atoms with Crippen LogP contribution >= 0.6 is 0 Å². The molecule has 0 unspecified atom stereocenters. The van der Waals surface area contributed by atoms with Gasteiger partial charge in [0.05, 0.1) is 16.2 Å². The molecule has 0 aliphatic carbocycles. The van der Waals surface area contributed by atoms with Crippen LogP contribution in [0.2, 0.25) is 0 Å². The van der Waals surface area contributed by atoms with Crippen molar-refractivity contribution in [1.82, 2.24) is 4.98 Å². The van der Waals surface area contributed by atoms with Crippen molar-refractivity contribution in [3.05, 3.63) is 58.9 Å². The van der Waals surface area contributed by atoms with Crippen LogP contribution in [0.25, 0.3) is 0 Å². The number of nitrogens with zero attached hydrogens (tertiary/aromatic N) is 1. The van der Waals surface area contributed by atoms with E-state index in [-0.39, 0.29) is 16.2 Å². The fourth-order valence-electron chi connectivity index (χ4n) is 2.05. The van der Waals surface area contributed by atoms with Gasteiger partial charge in [0.1, 0.15) is 0 Å². The maximum atomic E-state index is 12.5. The quantitative estimate of drug-likeness (QED) is 0.937. The van der Waals surface area contributed by atoms with E-state index in [0.717, 1.165) is 0 Å². The maximum Gasteiger partial charge on any atom is 0.335 e. The summed E-state index contributed by atoms with van der Waals surface area (Å²) in [5.41, 5.74) is 1.81. The number of carboxylic acids is 1.